The number of halogens is 1. The summed E-state index contributed by atoms with van der Waals surface area (Å²) in [6.07, 6.45) is 2.06. The molecule has 0 N–H and O–H groups in total. The van der Waals surface area contributed by atoms with Crippen LogP contribution >= 0.6 is 11.6 Å². The second-order valence-electron chi connectivity index (χ2n) is 4.63. The van der Waals surface area contributed by atoms with Crippen molar-refractivity contribution in [3.8, 4) is 5.75 Å². The SMILES string of the molecule is COc1ccc2c(c1)CCc1ccccc1C2Cl. The van der Waals surface area contributed by atoms with Gasteiger partial charge < -0.3 is 4.74 Å². The molecule has 0 aromatic heterocycles. The van der Waals surface area contributed by atoms with E-state index in [1.54, 1.807) is 7.11 Å². The number of fused-ring (bicyclic) bond motifs is 2. The van der Waals surface area contributed by atoms with Crippen molar-refractivity contribution in [2.24, 2.45) is 0 Å². The smallest absolute Gasteiger partial charge is 0.119 e. The Kier molecular flexibility index (Phi) is 3.00. The van der Waals surface area contributed by atoms with Crippen LogP contribution in [0.5, 0.6) is 5.75 Å². The summed E-state index contributed by atoms with van der Waals surface area (Å²) in [5, 5.41) is -0.0513. The first-order valence-electron chi connectivity index (χ1n) is 6.18. The van der Waals surface area contributed by atoms with E-state index in [2.05, 4.69) is 36.4 Å². The molecule has 18 heavy (non-hydrogen) atoms. The van der Waals surface area contributed by atoms with E-state index in [0.717, 1.165) is 18.6 Å². The maximum Gasteiger partial charge on any atom is 0.119 e. The number of alkyl halides is 1. The number of hydrogen-bond donors (Lipinski definition) is 0. The molecule has 0 aliphatic heterocycles. The molecule has 0 saturated carbocycles. The fraction of sp³-hybridized carbons (Fsp3) is 0.250. The van der Waals surface area contributed by atoms with Crippen LogP contribution in [0, 0.1) is 0 Å². The van der Waals surface area contributed by atoms with Gasteiger partial charge in [0.15, 0.2) is 0 Å². The molecule has 2 aromatic rings. The lowest BCUT2D eigenvalue weighted by Crippen LogP contribution is -1.97. The Morgan fingerprint density at radius 2 is 1.72 bits per heavy atom. The normalized spacial score (nSPS) is 17.6. The lowest BCUT2D eigenvalue weighted by Gasteiger charge is -2.14. The van der Waals surface area contributed by atoms with E-state index in [1.165, 1.54) is 22.3 Å². The summed E-state index contributed by atoms with van der Waals surface area (Å²) in [7, 11) is 1.70. The summed E-state index contributed by atoms with van der Waals surface area (Å²) in [5.74, 6) is 0.906. The van der Waals surface area contributed by atoms with Gasteiger partial charge in [0.25, 0.3) is 0 Å². The zero-order chi connectivity index (χ0) is 12.5. The van der Waals surface area contributed by atoms with Gasteiger partial charge in [0, 0.05) is 0 Å². The molecule has 0 saturated heterocycles. The van der Waals surface area contributed by atoms with Gasteiger partial charge in [-0.05, 0) is 47.2 Å². The highest BCUT2D eigenvalue weighted by Crippen LogP contribution is 2.38. The summed E-state index contributed by atoms with van der Waals surface area (Å²) < 4.78 is 5.29. The highest BCUT2D eigenvalue weighted by Gasteiger charge is 2.21. The van der Waals surface area contributed by atoms with Crippen molar-refractivity contribution < 1.29 is 4.74 Å². The number of aryl methyl sites for hydroxylation is 2. The Bertz CT molecular complexity index is 577. The number of benzene rings is 2. The van der Waals surface area contributed by atoms with Crippen molar-refractivity contribution in [1.29, 1.82) is 0 Å². The van der Waals surface area contributed by atoms with Crippen LogP contribution in [-0.4, -0.2) is 7.11 Å². The van der Waals surface area contributed by atoms with Crippen LogP contribution in [0.2, 0.25) is 0 Å². The average Bonchev–Trinajstić information content (AvgIpc) is 2.57. The third-order valence-corrected chi connectivity index (χ3v) is 4.09. The van der Waals surface area contributed by atoms with Crippen molar-refractivity contribution in [3.05, 3.63) is 64.7 Å². The van der Waals surface area contributed by atoms with Gasteiger partial charge in [0.1, 0.15) is 5.75 Å². The molecule has 1 atom stereocenters. The van der Waals surface area contributed by atoms with Gasteiger partial charge in [-0.15, -0.1) is 11.6 Å². The highest BCUT2D eigenvalue weighted by atomic mass is 35.5. The molecule has 0 amide bonds. The van der Waals surface area contributed by atoms with E-state index >= 15 is 0 Å². The first-order valence-corrected chi connectivity index (χ1v) is 6.62. The van der Waals surface area contributed by atoms with Gasteiger partial charge in [-0.3, -0.25) is 0 Å². The topological polar surface area (TPSA) is 9.23 Å². The summed E-state index contributed by atoms with van der Waals surface area (Å²) in [4.78, 5) is 0. The highest BCUT2D eigenvalue weighted by molar-refractivity contribution is 6.22. The minimum Gasteiger partial charge on any atom is -0.497 e. The van der Waals surface area contributed by atoms with Crippen LogP contribution in [0.3, 0.4) is 0 Å². The minimum absolute atomic E-state index is 0.0513. The van der Waals surface area contributed by atoms with Crippen LogP contribution in [0.15, 0.2) is 42.5 Å². The lowest BCUT2D eigenvalue weighted by atomic mass is 10.00. The van der Waals surface area contributed by atoms with Crippen LogP contribution in [-0.2, 0) is 12.8 Å². The molecule has 0 heterocycles. The second-order valence-corrected chi connectivity index (χ2v) is 5.06. The Hall–Kier alpha value is -1.47. The monoisotopic (exact) mass is 258 g/mol. The van der Waals surface area contributed by atoms with E-state index in [9.17, 15) is 0 Å². The van der Waals surface area contributed by atoms with Crippen molar-refractivity contribution in [2.45, 2.75) is 18.2 Å². The molecule has 2 heteroatoms. The number of hydrogen-bond acceptors (Lipinski definition) is 1. The van der Waals surface area contributed by atoms with Crippen molar-refractivity contribution in [2.75, 3.05) is 7.11 Å². The molecule has 0 radical (unpaired) electrons. The first kappa shape index (κ1) is 11.6. The fourth-order valence-electron chi connectivity index (χ4n) is 2.62. The Labute approximate surface area is 112 Å². The van der Waals surface area contributed by atoms with Gasteiger partial charge in [-0.1, -0.05) is 30.3 Å². The summed E-state index contributed by atoms with van der Waals surface area (Å²) >= 11 is 6.64. The van der Waals surface area contributed by atoms with Crippen LogP contribution in [0.25, 0.3) is 0 Å². The van der Waals surface area contributed by atoms with E-state index in [-0.39, 0.29) is 5.38 Å². The van der Waals surface area contributed by atoms with Gasteiger partial charge in [-0.2, -0.15) is 0 Å². The Morgan fingerprint density at radius 1 is 1.00 bits per heavy atom. The van der Waals surface area contributed by atoms with E-state index < -0.39 is 0 Å². The predicted molar refractivity (Wildman–Crippen MR) is 74.5 cm³/mol. The Balaban J connectivity index is 2.11. The molecule has 0 fully saturated rings. The summed E-state index contributed by atoms with van der Waals surface area (Å²) in [5.41, 5.74) is 5.10. The minimum atomic E-state index is -0.0513. The number of rotatable bonds is 1. The zero-order valence-electron chi connectivity index (χ0n) is 10.3. The van der Waals surface area contributed by atoms with Gasteiger partial charge in [0.2, 0.25) is 0 Å². The summed E-state index contributed by atoms with van der Waals surface area (Å²) in [6, 6.07) is 14.6. The Morgan fingerprint density at radius 3 is 2.56 bits per heavy atom. The van der Waals surface area contributed by atoms with E-state index in [0.29, 0.717) is 0 Å². The van der Waals surface area contributed by atoms with Gasteiger partial charge in [0.05, 0.1) is 12.5 Å². The maximum absolute atomic E-state index is 6.64. The average molecular weight is 259 g/mol. The van der Waals surface area contributed by atoms with Gasteiger partial charge in [-0.25, -0.2) is 0 Å². The van der Waals surface area contributed by atoms with Crippen molar-refractivity contribution in [3.63, 3.8) is 0 Å². The largest absolute Gasteiger partial charge is 0.497 e. The fourth-order valence-corrected chi connectivity index (χ4v) is 3.04. The maximum atomic E-state index is 6.64. The number of methoxy groups -OCH3 is 1. The molecular weight excluding hydrogens is 244 g/mol. The molecule has 0 bridgehead atoms. The predicted octanol–water partition coefficient (Wildman–Crippen LogP) is 4.12. The quantitative estimate of drug-likeness (QED) is 0.699. The molecule has 1 aliphatic rings. The van der Waals surface area contributed by atoms with Gasteiger partial charge >= 0.3 is 0 Å². The molecule has 0 spiro atoms. The van der Waals surface area contributed by atoms with Crippen molar-refractivity contribution >= 4 is 11.6 Å². The molecule has 1 nitrogen and oxygen atoms in total. The zero-order valence-corrected chi connectivity index (χ0v) is 11.1. The molecule has 92 valence electrons. The van der Waals surface area contributed by atoms with E-state index in [1.807, 2.05) is 6.07 Å². The lowest BCUT2D eigenvalue weighted by molar-refractivity contribution is 0.414. The number of ether oxygens (including phenoxy) is 1. The molecule has 1 unspecified atom stereocenters. The van der Waals surface area contributed by atoms with Crippen LogP contribution < -0.4 is 4.74 Å². The standard InChI is InChI=1S/C16H15ClO/c1-18-13-8-9-15-12(10-13)7-6-11-4-2-3-5-14(11)16(15)17/h2-5,8-10,16H,6-7H2,1H3. The van der Waals surface area contributed by atoms with E-state index in [4.69, 9.17) is 16.3 Å². The van der Waals surface area contributed by atoms with Crippen LogP contribution in [0.1, 0.15) is 27.6 Å². The molecule has 1 aliphatic carbocycles. The van der Waals surface area contributed by atoms with Crippen LogP contribution in [0.4, 0.5) is 0 Å². The third kappa shape index (κ3) is 1.89. The molecule has 2 aromatic carbocycles. The summed E-state index contributed by atoms with van der Waals surface area (Å²) in [6.45, 7) is 0. The second kappa shape index (κ2) is 4.66. The molecular formula is C16H15ClO. The van der Waals surface area contributed by atoms with Crippen molar-refractivity contribution in [1.82, 2.24) is 0 Å². The molecule has 3 rings (SSSR count). The first-order chi connectivity index (χ1) is 8.79. The third-order valence-electron chi connectivity index (χ3n) is 3.62.